The molecule has 3 rings (SSSR count). The molecule has 1 fully saturated rings. The van der Waals surface area contributed by atoms with Gasteiger partial charge in [0.25, 0.3) is 0 Å². The summed E-state index contributed by atoms with van der Waals surface area (Å²) in [4.78, 5) is 2.51. The van der Waals surface area contributed by atoms with E-state index in [0.717, 1.165) is 32.7 Å². The van der Waals surface area contributed by atoms with Crippen molar-refractivity contribution in [2.45, 2.75) is 12.8 Å². The summed E-state index contributed by atoms with van der Waals surface area (Å²) in [5, 5.41) is 2.89. The molecule has 0 N–H and O–H groups in total. The van der Waals surface area contributed by atoms with Crippen molar-refractivity contribution in [1.82, 2.24) is 4.90 Å². The van der Waals surface area contributed by atoms with E-state index < -0.39 is 0 Å². The van der Waals surface area contributed by atoms with E-state index in [4.69, 9.17) is 4.74 Å². The van der Waals surface area contributed by atoms with Crippen molar-refractivity contribution in [3.05, 3.63) is 34.7 Å². The van der Waals surface area contributed by atoms with Crippen LogP contribution in [-0.2, 0) is 4.74 Å². The van der Waals surface area contributed by atoms with Gasteiger partial charge in [0.05, 0.1) is 13.2 Å². The number of ether oxygens (including phenoxy) is 1. The minimum absolute atomic E-state index is 0.901. The fourth-order valence-corrected chi connectivity index (χ4v) is 2.69. The molecule has 0 spiro atoms. The molecule has 0 saturated carbocycles. The number of rotatable bonds is 3. The zero-order chi connectivity index (χ0) is 11.5. The van der Waals surface area contributed by atoms with Crippen LogP contribution in [0.3, 0.4) is 0 Å². The van der Waals surface area contributed by atoms with Crippen molar-refractivity contribution in [3.63, 3.8) is 0 Å². The Bertz CT molecular complexity index is 500. The molecule has 1 saturated heterocycles. The molecule has 1 aromatic carbocycles. The minimum atomic E-state index is 0.901. The summed E-state index contributed by atoms with van der Waals surface area (Å²) in [6, 6.07) is 8.75. The highest BCUT2D eigenvalue weighted by molar-refractivity contribution is 5.59. The molecule has 1 aliphatic carbocycles. The smallest absolute Gasteiger partial charge is 0.0594 e. The second-order valence-electron chi connectivity index (χ2n) is 4.80. The summed E-state index contributed by atoms with van der Waals surface area (Å²) in [6.45, 7) is 5.17. The molecule has 0 aromatic heterocycles. The third kappa shape index (κ3) is 2.43. The van der Waals surface area contributed by atoms with Crippen molar-refractivity contribution in [3.8, 4) is 0 Å². The van der Waals surface area contributed by atoms with E-state index in [1.807, 2.05) is 0 Å². The van der Waals surface area contributed by atoms with Crippen LogP contribution in [0.1, 0.15) is 12.8 Å². The Hall–Kier alpha value is -1.12. The lowest BCUT2D eigenvalue weighted by atomic mass is 10.1. The van der Waals surface area contributed by atoms with Gasteiger partial charge in [-0.15, -0.1) is 0 Å². The molecule has 1 aromatic rings. The summed E-state index contributed by atoms with van der Waals surface area (Å²) in [7, 11) is 0. The summed E-state index contributed by atoms with van der Waals surface area (Å²) >= 11 is 0. The molecule has 2 nitrogen and oxygen atoms in total. The van der Waals surface area contributed by atoms with Gasteiger partial charge in [0, 0.05) is 19.6 Å². The molecule has 0 atom stereocenters. The summed E-state index contributed by atoms with van der Waals surface area (Å²) in [5.41, 5.74) is 1.60. The second kappa shape index (κ2) is 5.03. The van der Waals surface area contributed by atoms with Crippen LogP contribution in [0, 0.1) is 0 Å². The van der Waals surface area contributed by atoms with Gasteiger partial charge in [-0.2, -0.15) is 0 Å². The van der Waals surface area contributed by atoms with E-state index in [1.165, 1.54) is 23.4 Å². The standard InChI is InChI=1S/C15H19NO/c1-2-4-15-13(3-1)5-6-14(15)7-8-16-9-11-17-12-10-16/h1-5H,6-12H2. The summed E-state index contributed by atoms with van der Waals surface area (Å²) in [5.74, 6) is 0. The van der Waals surface area contributed by atoms with Crippen LogP contribution in [0.2, 0.25) is 0 Å². The Labute approximate surface area is 102 Å². The fourth-order valence-electron chi connectivity index (χ4n) is 2.69. The maximum Gasteiger partial charge on any atom is 0.0594 e. The quantitative estimate of drug-likeness (QED) is 0.758. The first kappa shape index (κ1) is 11.0. The van der Waals surface area contributed by atoms with Gasteiger partial charge < -0.3 is 4.74 Å². The van der Waals surface area contributed by atoms with Crippen LogP contribution in [0.25, 0.3) is 11.6 Å². The van der Waals surface area contributed by atoms with Gasteiger partial charge >= 0.3 is 0 Å². The SMILES string of the molecule is C1=c2ccccc2=C(CCN2CCOCC2)C1. The Morgan fingerprint density at radius 2 is 1.94 bits per heavy atom. The largest absolute Gasteiger partial charge is 0.379 e. The van der Waals surface area contributed by atoms with Crippen molar-refractivity contribution in [2.75, 3.05) is 32.8 Å². The van der Waals surface area contributed by atoms with Crippen molar-refractivity contribution in [2.24, 2.45) is 0 Å². The molecule has 1 aliphatic heterocycles. The zero-order valence-corrected chi connectivity index (χ0v) is 10.2. The average Bonchev–Trinajstić information content (AvgIpc) is 2.81. The molecule has 1 heterocycles. The molecule has 0 amide bonds. The highest BCUT2D eigenvalue weighted by Crippen LogP contribution is 2.11. The van der Waals surface area contributed by atoms with E-state index in [0.29, 0.717) is 0 Å². The van der Waals surface area contributed by atoms with E-state index in [2.05, 4.69) is 35.2 Å². The minimum Gasteiger partial charge on any atom is -0.379 e. The van der Waals surface area contributed by atoms with Gasteiger partial charge in [-0.3, -0.25) is 4.90 Å². The first-order valence-corrected chi connectivity index (χ1v) is 6.51. The first-order valence-electron chi connectivity index (χ1n) is 6.51. The van der Waals surface area contributed by atoms with Crippen molar-refractivity contribution < 1.29 is 4.74 Å². The lowest BCUT2D eigenvalue weighted by Gasteiger charge is -2.26. The van der Waals surface area contributed by atoms with Gasteiger partial charge in [-0.05, 0) is 23.3 Å². The summed E-state index contributed by atoms with van der Waals surface area (Å²) in [6.07, 6.45) is 4.70. The Kier molecular flexibility index (Phi) is 3.25. The molecular formula is C15H19NO. The third-order valence-corrected chi connectivity index (χ3v) is 3.74. The monoisotopic (exact) mass is 229 g/mol. The number of fused-ring (bicyclic) bond motifs is 1. The molecular weight excluding hydrogens is 210 g/mol. The highest BCUT2D eigenvalue weighted by Gasteiger charge is 2.11. The van der Waals surface area contributed by atoms with Crippen molar-refractivity contribution in [1.29, 1.82) is 0 Å². The van der Waals surface area contributed by atoms with Crippen LogP contribution < -0.4 is 10.4 Å². The molecule has 90 valence electrons. The number of hydrogen-bond acceptors (Lipinski definition) is 2. The number of nitrogens with zero attached hydrogens (tertiary/aromatic N) is 1. The number of hydrogen-bond donors (Lipinski definition) is 0. The van der Waals surface area contributed by atoms with Gasteiger partial charge in [0.1, 0.15) is 0 Å². The average molecular weight is 229 g/mol. The Morgan fingerprint density at radius 3 is 2.82 bits per heavy atom. The molecule has 2 heteroatoms. The van der Waals surface area contributed by atoms with Crippen LogP contribution in [0.5, 0.6) is 0 Å². The predicted molar refractivity (Wildman–Crippen MR) is 70.1 cm³/mol. The number of morpholine rings is 1. The van der Waals surface area contributed by atoms with Crippen molar-refractivity contribution >= 4 is 11.6 Å². The molecule has 17 heavy (non-hydrogen) atoms. The van der Waals surface area contributed by atoms with Crippen LogP contribution in [0.15, 0.2) is 24.3 Å². The second-order valence-corrected chi connectivity index (χ2v) is 4.80. The molecule has 2 aliphatic rings. The fraction of sp³-hybridized carbons (Fsp3) is 0.467. The molecule has 0 unspecified atom stereocenters. The highest BCUT2D eigenvalue weighted by atomic mass is 16.5. The summed E-state index contributed by atoms with van der Waals surface area (Å²) < 4.78 is 5.37. The van der Waals surface area contributed by atoms with Crippen LogP contribution in [-0.4, -0.2) is 37.7 Å². The van der Waals surface area contributed by atoms with Crippen LogP contribution >= 0.6 is 0 Å². The van der Waals surface area contributed by atoms with Gasteiger partial charge in [0.15, 0.2) is 0 Å². The van der Waals surface area contributed by atoms with Crippen LogP contribution in [0.4, 0.5) is 0 Å². The van der Waals surface area contributed by atoms with E-state index in [1.54, 1.807) is 5.57 Å². The van der Waals surface area contributed by atoms with E-state index >= 15 is 0 Å². The molecule has 0 bridgehead atoms. The lowest BCUT2D eigenvalue weighted by Crippen LogP contribution is -2.37. The van der Waals surface area contributed by atoms with Gasteiger partial charge in [-0.25, -0.2) is 0 Å². The predicted octanol–water partition coefficient (Wildman–Crippen LogP) is 0.744. The Morgan fingerprint density at radius 1 is 1.12 bits per heavy atom. The zero-order valence-electron chi connectivity index (χ0n) is 10.2. The normalized spacial score (nSPS) is 20.1. The maximum atomic E-state index is 5.37. The van der Waals surface area contributed by atoms with Gasteiger partial charge in [0.2, 0.25) is 0 Å². The third-order valence-electron chi connectivity index (χ3n) is 3.74. The maximum absolute atomic E-state index is 5.37. The van der Waals surface area contributed by atoms with E-state index in [9.17, 15) is 0 Å². The van der Waals surface area contributed by atoms with E-state index in [-0.39, 0.29) is 0 Å². The molecule has 0 radical (unpaired) electrons. The lowest BCUT2D eigenvalue weighted by molar-refractivity contribution is 0.0389. The topological polar surface area (TPSA) is 12.5 Å². The number of benzene rings is 1. The van der Waals surface area contributed by atoms with Gasteiger partial charge in [-0.1, -0.05) is 35.9 Å². The first-order chi connectivity index (χ1) is 8.43. The Balaban J connectivity index is 1.69.